The Balaban J connectivity index is 1.65. The van der Waals surface area contributed by atoms with E-state index in [1.807, 2.05) is 6.07 Å². The molecule has 0 amide bonds. The van der Waals surface area contributed by atoms with E-state index in [2.05, 4.69) is 37.4 Å². The van der Waals surface area contributed by atoms with Gasteiger partial charge in [-0.1, -0.05) is 26.0 Å². The van der Waals surface area contributed by atoms with Gasteiger partial charge in [-0.25, -0.2) is 0 Å². The Morgan fingerprint density at radius 1 is 1.38 bits per heavy atom. The molecule has 21 heavy (non-hydrogen) atoms. The highest BCUT2D eigenvalue weighted by atomic mass is 16.5. The highest BCUT2D eigenvalue weighted by Gasteiger charge is 2.14. The molecule has 3 heteroatoms. The fraction of sp³-hybridized carbons (Fsp3) is 0.667. The summed E-state index contributed by atoms with van der Waals surface area (Å²) in [5.41, 5.74) is 1.28. The summed E-state index contributed by atoms with van der Waals surface area (Å²) in [7, 11) is 0. The first-order valence-electron chi connectivity index (χ1n) is 8.28. The molecular formula is C18H29NO2. The van der Waals surface area contributed by atoms with Crippen molar-refractivity contribution in [3.8, 4) is 5.75 Å². The van der Waals surface area contributed by atoms with Crippen LogP contribution in [0.5, 0.6) is 5.75 Å². The quantitative estimate of drug-likeness (QED) is 0.703. The van der Waals surface area contributed by atoms with Gasteiger partial charge in [0.2, 0.25) is 0 Å². The number of ether oxygens (including phenoxy) is 2. The molecule has 0 radical (unpaired) electrons. The second-order valence-corrected chi connectivity index (χ2v) is 6.30. The number of hydrogen-bond donors (Lipinski definition) is 1. The van der Waals surface area contributed by atoms with Crippen LogP contribution in [-0.2, 0) is 11.3 Å². The van der Waals surface area contributed by atoms with Gasteiger partial charge in [0.15, 0.2) is 0 Å². The van der Waals surface area contributed by atoms with Crippen molar-refractivity contribution < 1.29 is 9.47 Å². The van der Waals surface area contributed by atoms with Crippen LogP contribution in [0, 0.1) is 5.92 Å². The third-order valence-electron chi connectivity index (χ3n) is 3.74. The van der Waals surface area contributed by atoms with Crippen LogP contribution in [0.15, 0.2) is 24.3 Å². The maximum atomic E-state index is 5.85. The van der Waals surface area contributed by atoms with Gasteiger partial charge >= 0.3 is 0 Å². The van der Waals surface area contributed by atoms with Gasteiger partial charge in [-0.3, -0.25) is 0 Å². The molecule has 0 aromatic heterocycles. The van der Waals surface area contributed by atoms with Crippen molar-refractivity contribution in [3.63, 3.8) is 0 Å². The Labute approximate surface area is 129 Å². The summed E-state index contributed by atoms with van der Waals surface area (Å²) < 4.78 is 11.5. The topological polar surface area (TPSA) is 30.5 Å². The van der Waals surface area contributed by atoms with Gasteiger partial charge in [0.1, 0.15) is 5.75 Å². The van der Waals surface area contributed by atoms with E-state index in [0.717, 1.165) is 44.9 Å². The van der Waals surface area contributed by atoms with Crippen molar-refractivity contribution in [3.05, 3.63) is 29.8 Å². The lowest BCUT2D eigenvalue weighted by Crippen LogP contribution is -2.18. The Morgan fingerprint density at radius 2 is 2.29 bits per heavy atom. The zero-order chi connectivity index (χ0) is 14.9. The van der Waals surface area contributed by atoms with Gasteiger partial charge in [-0.15, -0.1) is 0 Å². The smallest absolute Gasteiger partial charge is 0.119 e. The van der Waals surface area contributed by atoms with E-state index in [0.29, 0.717) is 12.0 Å². The van der Waals surface area contributed by atoms with Crippen LogP contribution in [0.2, 0.25) is 0 Å². The lowest BCUT2D eigenvalue weighted by atomic mass is 10.1. The summed E-state index contributed by atoms with van der Waals surface area (Å²) in [5, 5.41) is 3.46. The average molecular weight is 291 g/mol. The predicted molar refractivity (Wildman–Crippen MR) is 86.7 cm³/mol. The zero-order valence-corrected chi connectivity index (χ0v) is 13.4. The molecule has 0 aliphatic carbocycles. The Bertz CT molecular complexity index is 400. The van der Waals surface area contributed by atoms with E-state index in [9.17, 15) is 0 Å². The summed E-state index contributed by atoms with van der Waals surface area (Å²) in [6, 6.07) is 8.39. The molecule has 1 fully saturated rings. The van der Waals surface area contributed by atoms with E-state index in [4.69, 9.17) is 9.47 Å². The summed E-state index contributed by atoms with van der Waals surface area (Å²) in [4.78, 5) is 0. The normalized spacial score (nSPS) is 18.3. The van der Waals surface area contributed by atoms with E-state index in [1.165, 1.54) is 18.4 Å². The first kappa shape index (κ1) is 16.3. The molecule has 1 aromatic carbocycles. The minimum absolute atomic E-state index is 0.472. The number of nitrogens with one attached hydrogen (secondary N) is 1. The fourth-order valence-corrected chi connectivity index (χ4v) is 2.62. The summed E-state index contributed by atoms with van der Waals surface area (Å²) >= 11 is 0. The van der Waals surface area contributed by atoms with Crippen LogP contribution >= 0.6 is 0 Å². The van der Waals surface area contributed by atoms with Gasteiger partial charge in [0.05, 0.1) is 12.7 Å². The van der Waals surface area contributed by atoms with Crippen LogP contribution in [-0.4, -0.2) is 25.9 Å². The Kier molecular flexibility index (Phi) is 7.04. The van der Waals surface area contributed by atoms with Crippen LogP contribution in [0.3, 0.4) is 0 Å². The SMILES string of the molecule is CC(C)CNCc1cccc(OCCCC2CCCO2)c1. The second kappa shape index (κ2) is 9.06. The highest BCUT2D eigenvalue weighted by molar-refractivity contribution is 5.28. The summed E-state index contributed by atoms with van der Waals surface area (Å²) in [5.74, 6) is 1.66. The first-order valence-corrected chi connectivity index (χ1v) is 8.28. The van der Waals surface area contributed by atoms with Crippen LogP contribution in [0.4, 0.5) is 0 Å². The molecular weight excluding hydrogens is 262 g/mol. The molecule has 1 saturated heterocycles. The minimum Gasteiger partial charge on any atom is -0.494 e. The van der Waals surface area contributed by atoms with Gasteiger partial charge in [0, 0.05) is 13.2 Å². The Hall–Kier alpha value is -1.06. The first-order chi connectivity index (χ1) is 10.2. The van der Waals surface area contributed by atoms with E-state index in [1.54, 1.807) is 0 Å². The van der Waals surface area contributed by atoms with E-state index in [-0.39, 0.29) is 0 Å². The van der Waals surface area contributed by atoms with Crippen molar-refractivity contribution in [1.29, 1.82) is 0 Å². The van der Waals surface area contributed by atoms with Crippen LogP contribution < -0.4 is 10.1 Å². The van der Waals surface area contributed by atoms with Gasteiger partial charge < -0.3 is 14.8 Å². The lowest BCUT2D eigenvalue weighted by Gasteiger charge is -2.11. The average Bonchev–Trinajstić information content (AvgIpc) is 2.97. The van der Waals surface area contributed by atoms with Crippen molar-refractivity contribution in [2.24, 2.45) is 5.92 Å². The third kappa shape index (κ3) is 6.49. The molecule has 0 saturated carbocycles. The molecule has 1 atom stereocenters. The van der Waals surface area contributed by atoms with Crippen molar-refractivity contribution in [2.45, 2.75) is 52.2 Å². The van der Waals surface area contributed by atoms with Gasteiger partial charge in [-0.2, -0.15) is 0 Å². The molecule has 3 nitrogen and oxygen atoms in total. The van der Waals surface area contributed by atoms with Crippen LogP contribution in [0.25, 0.3) is 0 Å². The molecule has 1 heterocycles. The molecule has 0 spiro atoms. The molecule has 0 bridgehead atoms. The minimum atomic E-state index is 0.472. The zero-order valence-electron chi connectivity index (χ0n) is 13.4. The largest absolute Gasteiger partial charge is 0.494 e. The number of rotatable bonds is 9. The monoisotopic (exact) mass is 291 g/mol. The molecule has 1 aliphatic heterocycles. The molecule has 1 aromatic rings. The highest BCUT2D eigenvalue weighted by Crippen LogP contribution is 2.18. The molecule has 2 rings (SSSR count). The van der Waals surface area contributed by atoms with Gasteiger partial charge in [0.25, 0.3) is 0 Å². The van der Waals surface area contributed by atoms with Crippen molar-refractivity contribution in [1.82, 2.24) is 5.32 Å². The number of benzene rings is 1. The molecule has 1 unspecified atom stereocenters. The maximum Gasteiger partial charge on any atom is 0.119 e. The van der Waals surface area contributed by atoms with Gasteiger partial charge in [-0.05, 0) is 55.8 Å². The Morgan fingerprint density at radius 3 is 3.05 bits per heavy atom. The third-order valence-corrected chi connectivity index (χ3v) is 3.74. The number of hydrogen-bond acceptors (Lipinski definition) is 3. The standard InChI is InChI=1S/C18H29NO2/c1-15(2)13-19-14-16-6-3-7-18(12-16)21-11-5-9-17-8-4-10-20-17/h3,6-7,12,15,17,19H,4-5,8-11,13-14H2,1-2H3. The summed E-state index contributed by atoms with van der Waals surface area (Å²) in [6.07, 6.45) is 5.10. The van der Waals surface area contributed by atoms with E-state index < -0.39 is 0 Å². The van der Waals surface area contributed by atoms with Crippen LogP contribution in [0.1, 0.15) is 45.1 Å². The van der Waals surface area contributed by atoms with Crippen molar-refractivity contribution >= 4 is 0 Å². The van der Waals surface area contributed by atoms with Crippen molar-refractivity contribution in [2.75, 3.05) is 19.8 Å². The molecule has 118 valence electrons. The maximum absolute atomic E-state index is 5.85. The molecule has 1 aliphatic rings. The summed E-state index contributed by atoms with van der Waals surface area (Å²) in [6.45, 7) is 8.12. The predicted octanol–water partition coefficient (Wildman–Crippen LogP) is 3.77. The molecule has 1 N–H and O–H groups in total. The fourth-order valence-electron chi connectivity index (χ4n) is 2.62. The lowest BCUT2D eigenvalue weighted by molar-refractivity contribution is 0.0981. The van der Waals surface area contributed by atoms with E-state index >= 15 is 0 Å². The second-order valence-electron chi connectivity index (χ2n) is 6.30.